The molecule has 0 atom stereocenters. The quantitative estimate of drug-likeness (QED) is 0.848. The molecule has 0 bridgehead atoms. The van der Waals surface area contributed by atoms with Crippen molar-refractivity contribution in [1.29, 1.82) is 0 Å². The van der Waals surface area contributed by atoms with E-state index in [0.717, 1.165) is 17.2 Å². The second-order valence-electron chi connectivity index (χ2n) is 3.58. The minimum Gasteiger partial charge on any atom is -0.366 e. The number of aromatic nitrogens is 2. The summed E-state index contributed by atoms with van der Waals surface area (Å²) in [6.45, 7) is 3.54. The Labute approximate surface area is 103 Å². The summed E-state index contributed by atoms with van der Waals surface area (Å²) in [5.41, 5.74) is 5.75. The second-order valence-corrected chi connectivity index (χ2v) is 4.57. The molecule has 0 aliphatic carbocycles. The standard InChI is InChI=1S/C11H14N4OS/c1-2-15-4-3-10(14-15)13-6-9-5-8(7-17-9)11(12)16/h3-5,7H,2,6H2,1H3,(H2,12,16)(H,13,14). The Morgan fingerprint density at radius 3 is 3.06 bits per heavy atom. The van der Waals surface area contributed by atoms with Crippen LogP contribution in [0.25, 0.3) is 0 Å². The molecule has 0 aromatic carbocycles. The monoisotopic (exact) mass is 250 g/mol. The number of carbonyl (C=O) groups excluding carboxylic acids is 1. The molecule has 1 amide bonds. The van der Waals surface area contributed by atoms with Crippen LogP contribution in [0.3, 0.4) is 0 Å². The van der Waals surface area contributed by atoms with Crippen molar-refractivity contribution >= 4 is 23.1 Å². The Kier molecular flexibility index (Phi) is 3.43. The molecule has 0 unspecified atom stereocenters. The predicted molar refractivity (Wildman–Crippen MR) is 68.1 cm³/mol. The van der Waals surface area contributed by atoms with Crippen LogP contribution in [0.2, 0.25) is 0 Å². The lowest BCUT2D eigenvalue weighted by Crippen LogP contribution is -2.09. The molecular weight excluding hydrogens is 236 g/mol. The van der Waals surface area contributed by atoms with Crippen LogP contribution in [-0.4, -0.2) is 15.7 Å². The molecule has 3 N–H and O–H groups in total. The van der Waals surface area contributed by atoms with E-state index in [-0.39, 0.29) is 5.91 Å². The van der Waals surface area contributed by atoms with E-state index in [9.17, 15) is 4.79 Å². The molecule has 2 rings (SSSR count). The van der Waals surface area contributed by atoms with E-state index in [2.05, 4.69) is 10.4 Å². The van der Waals surface area contributed by atoms with Gasteiger partial charge in [-0.15, -0.1) is 11.3 Å². The van der Waals surface area contributed by atoms with E-state index in [0.29, 0.717) is 12.1 Å². The molecular formula is C11H14N4OS. The maximum absolute atomic E-state index is 10.9. The fraction of sp³-hybridized carbons (Fsp3) is 0.273. The minimum absolute atomic E-state index is 0.386. The zero-order valence-electron chi connectivity index (χ0n) is 9.51. The molecule has 0 radical (unpaired) electrons. The number of thiophene rings is 1. The topological polar surface area (TPSA) is 72.9 Å². The number of primary amides is 1. The van der Waals surface area contributed by atoms with Gasteiger partial charge in [-0.25, -0.2) is 0 Å². The predicted octanol–water partition coefficient (Wildman–Crippen LogP) is 1.68. The van der Waals surface area contributed by atoms with Crippen LogP contribution in [-0.2, 0) is 13.1 Å². The first kappa shape index (κ1) is 11.7. The molecule has 0 saturated heterocycles. The smallest absolute Gasteiger partial charge is 0.249 e. The zero-order chi connectivity index (χ0) is 12.3. The lowest BCUT2D eigenvalue weighted by Gasteiger charge is -1.99. The number of anilines is 1. The third-order valence-electron chi connectivity index (χ3n) is 2.35. The van der Waals surface area contributed by atoms with E-state index in [1.807, 2.05) is 23.9 Å². The van der Waals surface area contributed by atoms with E-state index < -0.39 is 0 Å². The summed E-state index contributed by atoms with van der Waals surface area (Å²) in [4.78, 5) is 12.0. The minimum atomic E-state index is -0.386. The fourth-order valence-electron chi connectivity index (χ4n) is 1.41. The van der Waals surface area contributed by atoms with Gasteiger partial charge in [0, 0.05) is 29.1 Å². The maximum Gasteiger partial charge on any atom is 0.249 e. The van der Waals surface area contributed by atoms with Gasteiger partial charge in [0.15, 0.2) is 0 Å². The van der Waals surface area contributed by atoms with Gasteiger partial charge in [0.2, 0.25) is 5.91 Å². The lowest BCUT2D eigenvalue weighted by atomic mass is 10.3. The van der Waals surface area contributed by atoms with Crippen molar-refractivity contribution in [3.8, 4) is 0 Å². The fourth-order valence-corrected chi connectivity index (χ4v) is 2.23. The van der Waals surface area contributed by atoms with Gasteiger partial charge < -0.3 is 11.1 Å². The van der Waals surface area contributed by atoms with E-state index in [1.54, 1.807) is 11.4 Å². The third kappa shape index (κ3) is 2.85. The van der Waals surface area contributed by atoms with E-state index in [4.69, 9.17) is 5.73 Å². The van der Waals surface area contributed by atoms with Gasteiger partial charge in [0.1, 0.15) is 5.82 Å². The van der Waals surface area contributed by atoms with Crippen LogP contribution < -0.4 is 11.1 Å². The van der Waals surface area contributed by atoms with Crippen molar-refractivity contribution < 1.29 is 4.79 Å². The first-order chi connectivity index (χ1) is 8.19. The van der Waals surface area contributed by atoms with Crippen LogP contribution in [0.1, 0.15) is 22.2 Å². The molecule has 0 aliphatic heterocycles. The van der Waals surface area contributed by atoms with Crippen molar-refractivity contribution in [2.45, 2.75) is 20.0 Å². The highest BCUT2D eigenvalue weighted by Crippen LogP contribution is 2.15. The summed E-state index contributed by atoms with van der Waals surface area (Å²) < 4.78 is 1.85. The Balaban J connectivity index is 1.94. The molecule has 0 aliphatic rings. The molecule has 2 aromatic rings. The van der Waals surface area contributed by atoms with Crippen LogP contribution in [0.4, 0.5) is 5.82 Å². The van der Waals surface area contributed by atoms with Gasteiger partial charge in [-0.1, -0.05) is 0 Å². The van der Waals surface area contributed by atoms with Crippen LogP contribution in [0.15, 0.2) is 23.7 Å². The first-order valence-corrected chi connectivity index (χ1v) is 6.21. The van der Waals surface area contributed by atoms with Gasteiger partial charge in [0.25, 0.3) is 0 Å². The van der Waals surface area contributed by atoms with E-state index in [1.165, 1.54) is 11.3 Å². The largest absolute Gasteiger partial charge is 0.366 e. The van der Waals surface area contributed by atoms with E-state index >= 15 is 0 Å². The molecule has 0 fully saturated rings. The number of nitrogens with one attached hydrogen (secondary N) is 1. The number of hydrogen-bond acceptors (Lipinski definition) is 4. The molecule has 2 heterocycles. The molecule has 0 saturated carbocycles. The molecule has 90 valence electrons. The SMILES string of the molecule is CCn1ccc(NCc2cc(C(N)=O)cs2)n1. The van der Waals surface area contributed by atoms with Gasteiger partial charge in [-0.2, -0.15) is 5.10 Å². The number of amides is 1. The average molecular weight is 250 g/mol. The van der Waals surface area contributed by atoms with Crippen molar-refractivity contribution in [3.63, 3.8) is 0 Å². The summed E-state index contributed by atoms with van der Waals surface area (Å²) in [6, 6.07) is 3.73. The van der Waals surface area contributed by atoms with Crippen molar-refractivity contribution in [2.24, 2.45) is 5.73 Å². The Hall–Kier alpha value is -1.82. The molecule has 0 spiro atoms. The van der Waals surface area contributed by atoms with Crippen LogP contribution in [0, 0.1) is 0 Å². The average Bonchev–Trinajstić information content (AvgIpc) is 2.95. The van der Waals surface area contributed by atoms with Gasteiger partial charge in [-0.05, 0) is 13.0 Å². The molecule has 17 heavy (non-hydrogen) atoms. The lowest BCUT2D eigenvalue weighted by molar-refractivity contribution is 0.100. The zero-order valence-corrected chi connectivity index (χ0v) is 10.3. The maximum atomic E-state index is 10.9. The Morgan fingerprint density at radius 2 is 2.47 bits per heavy atom. The summed E-state index contributed by atoms with van der Waals surface area (Å²) in [6.07, 6.45) is 1.92. The van der Waals surface area contributed by atoms with Crippen LogP contribution in [0.5, 0.6) is 0 Å². The summed E-state index contributed by atoms with van der Waals surface area (Å²) in [5.74, 6) is 0.448. The summed E-state index contributed by atoms with van der Waals surface area (Å²) in [7, 11) is 0. The van der Waals surface area contributed by atoms with Gasteiger partial charge >= 0.3 is 0 Å². The number of aryl methyl sites for hydroxylation is 1. The number of carbonyl (C=O) groups is 1. The molecule has 5 nitrogen and oxygen atoms in total. The second kappa shape index (κ2) is 5.01. The number of hydrogen-bond donors (Lipinski definition) is 2. The Morgan fingerprint density at radius 1 is 1.65 bits per heavy atom. The highest BCUT2D eigenvalue weighted by Gasteiger charge is 2.05. The Bertz CT molecular complexity index is 517. The van der Waals surface area contributed by atoms with Crippen molar-refractivity contribution in [1.82, 2.24) is 9.78 Å². The first-order valence-electron chi connectivity index (χ1n) is 5.33. The third-order valence-corrected chi connectivity index (χ3v) is 3.28. The molecule has 6 heteroatoms. The van der Waals surface area contributed by atoms with Crippen molar-refractivity contribution in [3.05, 3.63) is 34.2 Å². The highest BCUT2D eigenvalue weighted by atomic mass is 32.1. The number of nitrogens with two attached hydrogens (primary N) is 1. The van der Waals surface area contributed by atoms with Crippen molar-refractivity contribution in [2.75, 3.05) is 5.32 Å². The number of rotatable bonds is 5. The highest BCUT2D eigenvalue weighted by molar-refractivity contribution is 7.10. The summed E-state index contributed by atoms with van der Waals surface area (Å²) >= 11 is 1.51. The normalized spacial score (nSPS) is 10.4. The van der Waals surface area contributed by atoms with Crippen LogP contribution >= 0.6 is 11.3 Å². The molecule has 2 aromatic heterocycles. The summed E-state index contributed by atoms with van der Waals surface area (Å²) in [5, 5.41) is 9.27. The van der Waals surface area contributed by atoms with Gasteiger partial charge in [0.05, 0.1) is 12.1 Å². The number of nitrogens with zero attached hydrogens (tertiary/aromatic N) is 2. The van der Waals surface area contributed by atoms with Gasteiger partial charge in [-0.3, -0.25) is 9.48 Å².